The zero-order valence-corrected chi connectivity index (χ0v) is 22.4. The molecule has 3 aromatic rings. The van der Waals surface area contributed by atoms with Crippen LogP contribution in [-0.2, 0) is 14.8 Å². The first-order valence-electron chi connectivity index (χ1n) is 11.6. The summed E-state index contributed by atoms with van der Waals surface area (Å²) in [4.78, 5) is 22.6. The Morgan fingerprint density at radius 3 is 2.51 bits per heavy atom. The molecule has 1 unspecified atom stereocenters. The Balaban J connectivity index is 1.71. The number of amides is 1. The SMILES string of the molecule is COc1ccc(C)c2sc(N(CCN(C)C)C(=O)C3CCCN3S(=O)(=O)c3ccc(C)cc3)nc12. The summed E-state index contributed by atoms with van der Waals surface area (Å²) in [5, 5.41) is 0.555. The Hall–Kier alpha value is -2.53. The highest BCUT2D eigenvalue weighted by molar-refractivity contribution is 7.89. The third-order valence-corrected chi connectivity index (χ3v) is 9.43. The van der Waals surface area contributed by atoms with Crippen molar-refractivity contribution in [2.24, 2.45) is 0 Å². The molecular formula is C25H32N4O4S2. The van der Waals surface area contributed by atoms with Crippen LogP contribution >= 0.6 is 11.3 Å². The predicted octanol–water partition coefficient (Wildman–Crippen LogP) is 3.67. The number of methoxy groups -OCH3 is 1. The van der Waals surface area contributed by atoms with Crippen LogP contribution in [0.5, 0.6) is 5.75 Å². The molecule has 0 radical (unpaired) electrons. The summed E-state index contributed by atoms with van der Waals surface area (Å²) < 4.78 is 34.8. The molecule has 2 aromatic carbocycles. The highest BCUT2D eigenvalue weighted by Gasteiger charge is 2.42. The number of thiazole rings is 1. The summed E-state index contributed by atoms with van der Waals surface area (Å²) in [7, 11) is 1.69. The minimum Gasteiger partial charge on any atom is -0.494 e. The van der Waals surface area contributed by atoms with Crippen molar-refractivity contribution in [3.05, 3.63) is 47.5 Å². The minimum atomic E-state index is -3.80. The first-order valence-corrected chi connectivity index (χ1v) is 13.9. The summed E-state index contributed by atoms with van der Waals surface area (Å²) in [6.07, 6.45) is 1.12. The maximum Gasteiger partial charge on any atom is 0.247 e. The van der Waals surface area contributed by atoms with E-state index in [1.807, 2.05) is 45.0 Å². The molecule has 1 saturated heterocycles. The minimum absolute atomic E-state index is 0.211. The molecule has 0 aliphatic carbocycles. The molecule has 4 rings (SSSR count). The predicted molar refractivity (Wildman–Crippen MR) is 140 cm³/mol. The van der Waals surface area contributed by atoms with Crippen LogP contribution in [0.4, 0.5) is 5.13 Å². The van der Waals surface area contributed by atoms with Crippen molar-refractivity contribution in [2.75, 3.05) is 45.7 Å². The van der Waals surface area contributed by atoms with Gasteiger partial charge < -0.3 is 9.64 Å². The molecule has 1 aliphatic rings. The number of aryl methyl sites for hydroxylation is 2. The van der Waals surface area contributed by atoms with E-state index in [-0.39, 0.29) is 10.8 Å². The fraction of sp³-hybridized carbons (Fsp3) is 0.440. The van der Waals surface area contributed by atoms with Crippen molar-refractivity contribution in [3.8, 4) is 5.75 Å². The highest BCUT2D eigenvalue weighted by atomic mass is 32.2. The number of anilines is 1. The number of aromatic nitrogens is 1. The summed E-state index contributed by atoms with van der Waals surface area (Å²) in [5.41, 5.74) is 2.74. The van der Waals surface area contributed by atoms with Gasteiger partial charge in [0.25, 0.3) is 0 Å². The van der Waals surface area contributed by atoms with Crippen LogP contribution in [0.2, 0.25) is 0 Å². The van der Waals surface area contributed by atoms with Gasteiger partial charge in [-0.2, -0.15) is 4.31 Å². The van der Waals surface area contributed by atoms with Crippen molar-refractivity contribution < 1.29 is 17.9 Å². The monoisotopic (exact) mass is 516 g/mol. The lowest BCUT2D eigenvalue weighted by Crippen LogP contribution is -2.49. The van der Waals surface area contributed by atoms with E-state index in [0.29, 0.717) is 48.9 Å². The van der Waals surface area contributed by atoms with Crippen LogP contribution in [-0.4, -0.2) is 75.4 Å². The van der Waals surface area contributed by atoms with Gasteiger partial charge in [-0.05, 0) is 64.5 Å². The average molecular weight is 517 g/mol. The molecule has 188 valence electrons. The van der Waals surface area contributed by atoms with Gasteiger partial charge in [0.1, 0.15) is 17.3 Å². The van der Waals surface area contributed by atoms with Crippen molar-refractivity contribution in [1.82, 2.24) is 14.2 Å². The largest absolute Gasteiger partial charge is 0.494 e. The van der Waals surface area contributed by atoms with Gasteiger partial charge in [-0.1, -0.05) is 35.1 Å². The van der Waals surface area contributed by atoms with E-state index < -0.39 is 16.1 Å². The molecule has 0 bridgehead atoms. The quantitative estimate of drug-likeness (QED) is 0.454. The van der Waals surface area contributed by atoms with Gasteiger partial charge in [-0.3, -0.25) is 9.69 Å². The summed E-state index contributed by atoms with van der Waals surface area (Å²) in [5.74, 6) is 0.410. The number of benzene rings is 2. The highest BCUT2D eigenvalue weighted by Crippen LogP contribution is 2.37. The van der Waals surface area contributed by atoms with Gasteiger partial charge in [-0.25, -0.2) is 13.4 Å². The molecular weight excluding hydrogens is 484 g/mol. The third kappa shape index (κ3) is 5.06. The number of fused-ring (bicyclic) bond motifs is 1. The van der Waals surface area contributed by atoms with Gasteiger partial charge in [0.2, 0.25) is 15.9 Å². The number of carbonyl (C=O) groups is 1. The van der Waals surface area contributed by atoms with E-state index in [4.69, 9.17) is 9.72 Å². The van der Waals surface area contributed by atoms with Gasteiger partial charge in [0, 0.05) is 19.6 Å². The molecule has 0 saturated carbocycles. The summed E-state index contributed by atoms with van der Waals surface area (Å²) >= 11 is 1.43. The van der Waals surface area contributed by atoms with Crippen LogP contribution in [0, 0.1) is 13.8 Å². The molecule has 1 aliphatic heterocycles. The third-order valence-electron chi connectivity index (χ3n) is 6.30. The molecule has 10 heteroatoms. The van der Waals surface area contributed by atoms with Crippen LogP contribution in [0.15, 0.2) is 41.3 Å². The Bertz CT molecular complexity index is 1320. The number of carbonyl (C=O) groups excluding carboxylic acids is 1. The molecule has 1 aromatic heterocycles. The fourth-order valence-electron chi connectivity index (χ4n) is 4.28. The number of rotatable bonds is 8. The lowest BCUT2D eigenvalue weighted by molar-refractivity contribution is -0.121. The maximum atomic E-state index is 14.0. The first-order chi connectivity index (χ1) is 16.6. The number of sulfonamides is 1. The zero-order valence-electron chi connectivity index (χ0n) is 20.8. The lowest BCUT2D eigenvalue weighted by atomic mass is 10.2. The molecule has 0 spiro atoms. The summed E-state index contributed by atoms with van der Waals surface area (Å²) in [6.45, 7) is 5.26. The summed E-state index contributed by atoms with van der Waals surface area (Å²) in [6, 6.07) is 9.86. The number of nitrogens with zero attached hydrogens (tertiary/aromatic N) is 4. The zero-order chi connectivity index (χ0) is 25.3. The second kappa shape index (κ2) is 10.2. The van der Waals surface area contributed by atoms with Crippen LogP contribution in [0.1, 0.15) is 24.0 Å². The first kappa shape index (κ1) is 25.6. The fourth-order valence-corrected chi connectivity index (χ4v) is 7.01. The molecule has 1 amide bonds. The maximum absolute atomic E-state index is 14.0. The van der Waals surface area contributed by atoms with E-state index in [9.17, 15) is 13.2 Å². The number of hydrogen-bond acceptors (Lipinski definition) is 7. The molecule has 35 heavy (non-hydrogen) atoms. The standard InChI is InChI=1S/C25H32N4O4S2/c1-17-8-11-19(12-9-17)35(31,32)29-14-6-7-20(29)24(30)28(16-15-27(3)4)25-26-22-21(33-5)13-10-18(2)23(22)34-25/h8-13,20H,6-7,14-16H2,1-5H3. The van der Waals surface area contributed by atoms with E-state index >= 15 is 0 Å². The van der Waals surface area contributed by atoms with E-state index in [0.717, 1.165) is 15.8 Å². The Labute approximate surface area is 211 Å². The van der Waals surface area contributed by atoms with Gasteiger partial charge in [0.15, 0.2) is 5.13 Å². The Morgan fingerprint density at radius 1 is 1.14 bits per heavy atom. The lowest BCUT2D eigenvalue weighted by Gasteiger charge is -2.29. The number of hydrogen-bond donors (Lipinski definition) is 0. The van der Waals surface area contributed by atoms with Crippen molar-refractivity contribution in [3.63, 3.8) is 0 Å². The second-order valence-electron chi connectivity index (χ2n) is 9.14. The average Bonchev–Trinajstić information content (AvgIpc) is 3.48. The number of ether oxygens (including phenoxy) is 1. The van der Waals surface area contributed by atoms with Crippen molar-refractivity contribution in [2.45, 2.75) is 37.6 Å². The normalized spacial score (nSPS) is 16.8. The molecule has 1 atom stereocenters. The number of likely N-dealkylation sites (N-methyl/N-ethyl adjacent to an activating group) is 1. The van der Waals surface area contributed by atoms with E-state index in [1.165, 1.54) is 15.6 Å². The van der Waals surface area contributed by atoms with Crippen LogP contribution in [0.3, 0.4) is 0 Å². The van der Waals surface area contributed by atoms with Crippen molar-refractivity contribution in [1.29, 1.82) is 0 Å². The molecule has 0 N–H and O–H groups in total. The van der Waals surface area contributed by atoms with Gasteiger partial charge in [-0.15, -0.1) is 0 Å². The topological polar surface area (TPSA) is 83.0 Å². The molecule has 8 nitrogen and oxygen atoms in total. The smallest absolute Gasteiger partial charge is 0.247 e. The Morgan fingerprint density at radius 2 is 1.86 bits per heavy atom. The van der Waals surface area contributed by atoms with E-state index in [2.05, 4.69) is 0 Å². The van der Waals surface area contributed by atoms with Gasteiger partial charge in [0.05, 0.1) is 16.7 Å². The van der Waals surface area contributed by atoms with Gasteiger partial charge >= 0.3 is 0 Å². The molecule has 2 heterocycles. The van der Waals surface area contributed by atoms with E-state index in [1.54, 1.807) is 36.3 Å². The van der Waals surface area contributed by atoms with Crippen LogP contribution in [0.25, 0.3) is 10.2 Å². The Kier molecular flexibility index (Phi) is 7.46. The second-order valence-corrected chi connectivity index (χ2v) is 12.0. The van der Waals surface area contributed by atoms with Crippen LogP contribution < -0.4 is 9.64 Å². The molecule has 1 fully saturated rings. The van der Waals surface area contributed by atoms with Crippen molar-refractivity contribution >= 4 is 42.6 Å².